The second-order valence-corrected chi connectivity index (χ2v) is 6.23. The maximum atomic E-state index is 12.3. The number of fused-ring (bicyclic) bond motifs is 1. The molecule has 1 aromatic heterocycles. The number of carbonyl (C=O) groups excluding carboxylic acids is 1. The number of hydrogen-bond donors (Lipinski definition) is 1. The first-order valence-electron chi connectivity index (χ1n) is 7.64. The largest absolute Gasteiger partial charge is 0.342 e. The third-order valence-corrected chi connectivity index (χ3v) is 4.81. The summed E-state index contributed by atoms with van der Waals surface area (Å²) >= 11 is 0. The summed E-state index contributed by atoms with van der Waals surface area (Å²) in [7, 11) is 0. The highest BCUT2D eigenvalue weighted by molar-refractivity contribution is 5.76. The molecule has 3 heterocycles. The van der Waals surface area contributed by atoms with Gasteiger partial charge in [0, 0.05) is 32.6 Å². The number of nitrogens with one attached hydrogen (secondary N) is 1. The Morgan fingerprint density at radius 2 is 2.00 bits per heavy atom. The van der Waals surface area contributed by atoms with E-state index >= 15 is 0 Å². The van der Waals surface area contributed by atoms with Crippen molar-refractivity contribution >= 4 is 11.6 Å². The van der Waals surface area contributed by atoms with Crippen molar-refractivity contribution in [2.45, 2.75) is 26.8 Å². The standard InChI is InChI=1S/C14H21N5O3/c1-9-14(19(21)22)10(2)18(16-9)4-3-13(20)17-7-11-5-15-6-12(11)8-17/h11-12,15H,3-8H2,1-2H3/t11-,12+. The Kier molecular flexibility index (Phi) is 3.86. The van der Waals surface area contributed by atoms with Crippen LogP contribution in [0.15, 0.2) is 0 Å². The van der Waals surface area contributed by atoms with E-state index in [-0.39, 0.29) is 11.6 Å². The summed E-state index contributed by atoms with van der Waals surface area (Å²) in [6, 6.07) is 0. The predicted octanol–water partition coefficient (Wildman–Crippen LogP) is 0.476. The number of nitro groups is 1. The summed E-state index contributed by atoms with van der Waals surface area (Å²) in [5, 5.41) is 18.5. The monoisotopic (exact) mass is 307 g/mol. The first-order valence-corrected chi connectivity index (χ1v) is 7.64. The van der Waals surface area contributed by atoms with Gasteiger partial charge in [-0.25, -0.2) is 0 Å². The summed E-state index contributed by atoms with van der Waals surface area (Å²) in [5.41, 5.74) is 0.962. The van der Waals surface area contributed by atoms with Gasteiger partial charge in [-0.15, -0.1) is 0 Å². The van der Waals surface area contributed by atoms with Crippen LogP contribution in [0.25, 0.3) is 0 Å². The fourth-order valence-electron chi connectivity index (χ4n) is 3.59. The second kappa shape index (κ2) is 5.68. The van der Waals surface area contributed by atoms with E-state index < -0.39 is 4.92 Å². The first kappa shape index (κ1) is 15.0. The lowest BCUT2D eigenvalue weighted by Gasteiger charge is -2.17. The van der Waals surface area contributed by atoms with Gasteiger partial charge in [0.1, 0.15) is 11.4 Å². The minimum Gasteiger partial charge on any atom is -0.342 e. The van der Waals surface area contributed by atoms with Crippen LogP contribution in [0, 0.1) is 35.8 Å². The summed E-state index contributed by atoms with van der Waals surface area (Å²) in [4.78, 5) is 24.8. The molecule has 1 N–H and O–H groups in total. The zero-order valence-electron chi connectivity index (χ0n) is 12.9. The lowest BCUT2D eigenvalue weighted by atomic mass is 10.0. The van der Waals surface area contributed by atoms with E-state index in [0.29, 0.717) is 36.2 Å². The van der Waals surface area contributed by atoms with Gasteiger partial charge in [0.15, 0.2) is 0 Å². The molecule has 0 radical (unpaired) electrons. The zero-order chi connectivity index (χ0) is 15.9. The molecule has 2 aliphatic heterocycles. The topological polar surface area (TPSA) is 93.3 Å². The van der Waals surface area contributed by atoms with E-state index in [0.717, 1.165) is 26.2 Å². The van der Waals surface area contributed by atoms with E-state index in [1.165, 1.54) is 0 Å². The highest BCUT2D eigenvalue weighted by Crippen LogP contribution is 2.27. The summed E-state index contributed by atoms with van der Waals surface area (Å²) < 4.78 is 1.57. The Hall–Kier alpha value is -1.96. The maximum absolute atomic E-state index is 12.3. The number of rotatable bonds is 4. The molecule has 2 aliphatic rings. The fourth-order valence-corrected chi connectivity index (χ4v) is 3.59. The van der Waals surface area contributed by atoms with Crippen molar-refractivity contribution in [1.29, 1.82) is 0 Å². The van der Waals surface area contributed by atoms with Crippen LogP contribution in [-0.2, 0) is 11.3 Å². The number of hydrogen-bond acceptors (Lipinski definition) is 5. The van der Waals surface area contributed by atoms with Gasteiger partial charge < -0.3 is 10.2 Å². The van der Waals surface area contributed by atoms with Crippen molar-refractivity contribution in [2.75, 3.05) is 26.2 Å². The van der Waals surface area contributed by atoms with Crippen LogP contribution < -0.4 is 5.32 Å². The highest BCUT2D eigenvalue weighted by Gasteiger charge is 2.37. The van der Waals surface area contributed by atoms with Crippen molar-refractivity contribution in [3.63, 3.8) is 0 Å². The lowest BCUT2D eigenvalue weighted by Crippen LogP contribution is -2.32. The van der Waals surface area contributed by atoms with Gasteiger partial charge in [-0.2, -0.15) is 5.10 Å². The second-order valence-electron chi connectivity index (χ2n) is 6.23. The molecular weight excluding hydrogens is 286 g/mol. The number of aryl methyl sites for hydroxylation is 2. The summed E-state index contributed by atoms with van der Waals surface area (Å²) in [6.45, 7) is 7.34. The Morgan fingerprint density at radius 1 is 1.36 bits per heavy atom. The average molecular weight is 307 g/mol. The first-order chi connectivity index (χ1) is 10.5. The average Bonchev–Trinajstić information content (AvgIpc) is 3.09. The Bertz CT molecular complexity index is 600. The van der Waals surface area contributed by atoms with Crippen molar-refractivity contribution in [2.24, 2.45) is 11.8 Å². The van der Waals surface area contributed by atoms with Crippen LogP contribution in [-0.4, -0.2) is 51.7 Å². The van der Waals surface area contributed by atoms with E-state index in [1.54, 1.807) is 18.5 Å². The number of amides is 1. The molecule has 120 valence electrons. The number of nitrogens with zero attached hydrogens (tertiary/aromatic N) is 4. The molecule has 2 atom stereocenters. The third-order valence-electron chi connectivity index (χ3n) is 4.81. The summed E-state index contributed by atoms with van der Waals surface area (Å²) in [6.07, 6.45) is 0.339. The minimum absolute atomic E-state index is 0.0502. The normalized spacial score (nSPS) is 23.8. The van der Waals surface area contributed by atoms with Gasteiger partial charge in [0.25, 0.3) is 0 Å². The molecule has 0 bridgehead atoms. The molecule has 2 saturated heterocycles. The molecule has 22 heavy (non-hydrogen) atoms. The Morgan fingerprint density at radius 3 is 2.55 bits per heavy atom. The smallest absolute Gasteiger partial charge is 0.312 e. The molecule has 0 saturated carbocycles. The van der Waals surface area contributed by atoms with Gasteiger partial charge >= 0.3 is 5.69 Å². The Balaban J connectivity index is 1.60. The van der Waals surface area contributed by atoms with Gasteiger partial charge in [-0.05, 0) is 25.7 Å². The van der Waals surface area contributed by atoms with E-state index in [2.05, 4.69) is 10.4 Å². The van der Waals surface area contributed by atoms with Gasteiger partial charge in [-0.1, -0.05) is 0 Å². The van der Waals surface area contributed by atoms with Crippen molar-refractivity contribution < 1.29 is 9.72 Å². The molecule has 0 unspecified atom stereocenters. The maximum Gasteiger partial charge on any atom is 0.312 e. The molecule has 1 aromatic rings. The van der Waals surface area contributed by atoms with E-state index in [4.69, 9.17) is 0 Å². The van der Waals surface area contributed by atoms with Crippen LogP contribution in [0.2, 0.25) is 0 Å². The number of likely N-dealkylation sites (tertiary alicyclic amines) is 1. The predicted molar refractivity (Wildman–Crippen MR) is 79.4 cm³/mol. The SMILES string of the molecule is Cc1nn(CCC(=O)N2C[C@H]3CNC[C@H]3C2)c(C)c1[N+](=O)[O-]. The molecule has 3 rings (SSSR count). The zero-order valence-corrected chi connectivity index (χ0v) is 12.9. The molecule has 1 amide bonds. The van der Waals surface area contributed by atoms with E-state index in [1.807, 2.05) is 4.90 Å². The highest BCUT2D eigenvalue weighted by atomic mass is 16.6. The summed E-state index contributed by atoms with van der Waals surface area (Å²) in [5.74, 6) is 1.28. The van der Waals surface area contributed by atoms with Crippen molar-refractivity contribution in [1.82, 2.24) is 20.0 Å². The van der Waals surface area contributed by atoms with Crippen molar-refractivity contribution in [3.8, 4) is 0 Å². The fraction of sp³-hybridized carbons (Fsp3) is 0.714. The minimum atomic E-state index is -0.412. The molecular formula is C14H21N5O3. The number of carbonyl (C=O) groups is 1. The molecule has 0 aliphatic carbocycles. The van der Waals surface area contributed by atoms with Gasteiger partial charge in [0.2, 0.25) is 5.91 Å². The van der Waals surface area contributed by atoms with Crippen LogP contribution in [0.3, 0.4) is 0 Å². The van der Waals surface area contributed by atoms with Gasteiger partial charge in [0.05, 0.1) is 11.5 Å². The molecule has 0 aromatic carbocycles. The lowest BCUT2D eigenvalue weighted by molar-refractivity contribution is -0.386. The molecule has 8 heteroatoms. The van der Waals surface area contributed by atoms with Crippen LogP contribution in [0.1, 0.15) is 17.8 Å². The van der Waals surface area contributed by atoms with Crippen LogP contribution in [0.5, 0.6) is 0 Å². The number of aromatic nitrogens is 2. The van der Waals surface area contributed by atoms with Crippen LogP contribution >= 0.6 is 0 Å². The molecule has 8 nitrogen and oxygen atoms in total. The molecule has 2 fully saturated rings. The van der Waals surface area contributed by atoms with E-state index in [9.17, 15) is 14.9 Å². The quantitative estimate of drug-likeness (QED) is 0.645. The Labute approximate surface area is 128 Å². The van der Waals surface area contributed by atoms with Gasteiger partial charge in [-0.3, -0.25) is 19.6 Å². The van der Waals surface area contributed by atoms with Crippen molar-refractivity contribution in [3.05, 3.63) is 21.5 Å². The third kappa shape index (κ3) is 2.58. The molecule has 0 spiro atoms. The van der Waals surface area contributed by atoms with Crippen LogP contribution in [0.4, 0.5) is 5.69 Å².